The van der Waals surface area contributed by atoms with E-state index < -0.39 is 0 Å². The maximum atomic E-state index is 5.23. The van der Waals surface area contributed by atoms with Gasteiger partial charge in [-0.3, -0.25) is 9.36 Å². The molecule has 0 aliphatic heterocycles. The Kier molecular flexibility index (Phi) is 11.9. The number of aromatic nitrogens is 6. The van der Waals surface area contributed by atoms with Crippen molar-refractivity contribution in [2.75, 3.05) is 0 Å². The first-order valence-electron chi connectivity index (χ1n) is 9.74. The maximum absolute atomic E-state index is 5.23. The number of nitrogens with zero attached hydrogens (tertiary/aromatic N) is 6. The Morgan fingerprint density at radius 1 is 0.875 bits per heavy atom. The van der Waals surface area contributed by atoms with Crippen LogP contribution in [0, 0.1) is 3.70 Å². The summed E-state index contributed by atoms with van der Waals surface area (Å²) in [6, 6.07) is 3.99. The van der Waals surface area contributed by atoms with Gasteiger partial charge in [0.15, 0.2) is 0 Å². The Hall–Kier alpha value is -0.701. The Bertz CT molecular complexity index is 1020. The average Bonchev–Trinajstić information content (AvgIpc) is 3.55. The molecule has 178 valence electrons. The van der Waals surface area contributed by atoms with Gasteiger partial charge in [-0.05, 0) is 51.4 Å². The van der Waals surface area contributed by atoms with Gasteiger partial charge in [0.05, 0.1) is 11.4 Å². The fraction of sp³-hybridized carbons (Fsp3) is 0.400. The zero-order chi connectivity index (χ0) is 23.7. The number of hydrogen-bond acceptors (Lipinski definition) is 6. The minimum absolute atomic E-state index is 0.724. The van der Waals surface area contributed by atoms with E-state index in [4.69, 9.17) is 9.05 Å². The van der Waals surface area contributed by atoms with Gasteiger partial charge < -0.3 is 9.05 Å². The third kappa shape index (κ3) is 8.26. The van der Waals surface area contributed by atoms with Crippen molar-refractivity contribution >= 4 is 58.9 Å². The van der Waals surface area contributed by atoms with Gasteiger partial charge in [-0.1, -0.05) is 24.2 Å². The fourth-order valence-corrected chi connectivity index (χ4v) is 4.01. The first kappa shape index (κ1) is 27.5. The Balaban J connectivity index is 0.000000211. The molecule has 0 saturated carbocycles. The van der Waals surface area contributed by atoms with Gasteiger partial charge in [-0.2, -0.15) is 10.2 Å². The van der Waals surface area contributed by atoms with Crippen molar-refractivity contribution in [1.29, 1.82) is 0 Å². The quantitative estimate of drug-likeness (QED) is 0.194. The molecule has 0 bridgehead atoms. The summed E-state index contributed by atoms with van der Waals surface area (Å²) >= 11 is 11.5. The van der Waals surface area contributed by atoms with Crippen molar-refractivity contribution in [3.05, 3.63) is 66.9 Å². The monoisotopic (exact) mass is 776 g/mol. The van der Waals surface area contributed by atoms with Crippen LogP contribution in [0.15, 0.2) is 38.2 Å². The molecule has 12 heteroatoms. The summed E-state index contributed by atoms with van der Waals surface area (Å²) in [6.45, 7) is 4.12. The Morgan fingerprint density at radius 3 is 1.72 bits per heavy atom. The van der Waals surface area contributed by atoms with Gasteiger partial charge in [0, 0.05) is 62.6 Å². The van der Waals surface area contributed by atoms with Crippen LogP contribution in [-0.4, -0.2) is 29.9 Å². The zero-order valence-corrected chi connectivity index (χ0v) is 24.9. The van der Waals surface area contributed by atoms with E-state index in [9.17, 15) is 0 Å². The molecule has 8 nitrogen and oxygen atoms in total. The molecule has 0 radical (unpaired) electrons. The molecule has 4 aromatic heterocycles. The van der Waals surface area contributed by atoms with Crippen molar-refractivity contribution in [1.82, 2.24) is 29.9 Å². The summed E-state index contributed by atoms with van der Waals surface area (Å²) in [7, 11) is 3.82. The molecule has 4 rings (SSSR count). The molecule has 0 N–H and O–H groups in total. The number of rotatable bonds is 6. The molecule has 4 aromatic rings. The van der Waals surface area contributed by atoms with Crippen molar-refractivity contribution in [3.63, 3.8) is 0 Å². The SMILES string of the molecule is CCc1cc(Cc2cn(C)nc2Br)on1.CCc1cc(Cc2cn(C)nc2I)on1.[Cu][I]. The van der Waals surface area contributed by atoms with E-state index in [-0.39, 0.29) is 0 Å². The summed E-state index contributed by atoms with van der Waals surface area (Å²) in [4.78, 5) is 0. The zero-order valence-electron chi connectivity index (χ0n) is 18.1. The second-order valence-corrected chi connectivity index (χ2v) is 8.64. The molecule has 0 atom stereocenters. The van der Waals surface area contributed by atoms with Gasteiger partial charge in [0.2, 0.25) is 0 Å². The molecule has 0 spiro atoms. The van der Waals surface area contributed by atoms with Crippen molar-refractivity contribution < 1.29 is 21.8 Å². The first-order valence-corrected chi connectivity index (χ1v) is 14.6. The minimum atomic E-state index is 0.724. The van der Waals surface area contributed by atoms with E-state index >= 15 is 0 Å². The molecule has 0 amide bonds. The standard InChI is InChI=1S/C10H12BrN3O.C10H12IN3O.Cu.HI/c2*1-3-8-5-9(15-13-8)4-7-6-14(2)12-10(7)11;;/h2*5-6H,3-4H2,1-2H3;;1H/q;;+1;/p-1. The third-order valence-corrected chi connectivity index (χ3v) is 5.95. The molecule has 0 aliphatic carbocycles. The van der Waals surface area contributed by atoms with E-state index in [0.717, 1.165) is 62.5 Å². The molecular formula is C20H24BrCuI2N6O2. The molecule has 0 aliphatic rings. The number of aryl methyl sites for hydroxylation is 4. The topological polar surface area (TPSA) is 87.7 Å². The van der Waals surface area contributed by atoms with Gasteiger partial charge in [-0.15, -0.1) is 0 Å². The summed E-state index contributed by atoms with van der Waals surface area (Å²) in [5, 5.41) is 16.4. The number of halogens is 3. The third-order valence-electron chi connectivity index (χ3n) is 4.38. The Morgan fingerprint density at radius 2 is 1.34 bits per heavy atom. The molecule has 0 unspecified atom stereocenters. The van der Waals surface area contributed by atoms with Crippen LogP contribution < -0.4 is 0 Å². The van der Waals surface area contributed by atoms with Crippen LogP contribution >= 0.6 is 58.9 Å². The van der Waals surface area contributed by atoms with Crippen LogP contribution in [0.2, 0.25) is 0 Å². The Labute approximate surface area is 229 Å². The predicted octanol–water partition coefficient (Wildman–Crippen LogP) is 5.37. The van der Waals surface area contributed by atoms with E-state index in [2.05, 4.69) is 85.6 Å². The fourth-order valence-electron chi connectivity index (χ4n) is 2.84. The van der Waals surface area contributed by atoms with Crippen molar-refractivity contribution in [3.8, 4) is 0 Å². The number of hydrogen-bond donors (Lipinski definition) is 0. The molecule has 0 saturated heterocycles. The summed E-state index contributed by atoms with van der Waals surface area (Å²) < 4.78 is 15.9. The van der Waals surface area contributed by atoms with E-state index in [1.807, 2.05) is 43.3 Å². The van der Waals surface area contributed by atoms with Crippen molar-refractivity contribution in [2.24, 2.45) is 14.1 Å². The van der Waals surface area contributed by atoms with Crippen LogP contribution in [0.1, 0.15) is 47.9 Å². The normalized spacial score (nSPS) is 10.4. The van der Waals surface area contributed by atoms with Gasteiger partial charge in [0.1, 0.15) is 19.8 Å². The predicted molar refractivity (Wildman–Crippen MR) is 138 cm³/mol. The molecule has 0 aromatic carbocycles. The van der Waals surface area contributed by atoms with Gasteiger partial charge in [-0.25, -0.2) is 0 Å². The summed E-state index contributed by atoms with van der Waals surface area (Å²) in [5.74, 6) is 1.78. The van der Waals surface area contributed by atoms with Gasteiger partial charge >= 0.3 is 33.1 Å². The molecule has 32 heavy (non-hydrogen) atoms. The van der Waals surface area contributed by atoms with Crippen molar-refractivity contribution in [2.45, 2.75) is 39.5 Å². The van der Waals surface area contributed by atoms with E-state index in [0.29, 0.717) is 0 Å². The second-order valence-electron chi connectivity index (χ2n) is 6.87. The van der Waals surface area contributed by atoms with E-state index in [1.165, 1.54) is 5.56 Å². The molecule has 0 fully saturated rings. The summed E-state index contributed by atoms with van der Waals surface area (Å²) in [6.07, 6.45) is 7.28. The van der Waals surface area contributed by atoms with Crippen LogP contribution in [0.5, 0.6) is 0 Å². The molecular weight excluding hydrogens is 754 g/mol. The average molecular weight is 778 g/mol. The van der Waals surface area contributed by atoms with E-state index in [1.54, 1.807) is 25.0 Å². The summed E-state index contributed by atoms with van der Waals surface area (Å²) in [5.41, 5.74) is 4.28. The van der Waals surface area contributed by atoms with Crippen LogP contribution in [0.4, 0.5) is 0 Å². The van der Waals surface area contributed by atoms with Crippen LogP contribution in [0.3, 0.4) is 0 Å². The van der Waals surface area contributed by atoms with Crippen LogP contribution in [-0.2, 0) is 52.5 Å². The van der Waals surface area contributed by atoms with Gasteiger partial charge in [0.25, 0.3) is 0 Å². The van der Waals surface area contributed by atoms with Crippen LogP contribution in [0.25, 0.3) is 0 Å². The second kappa shape index (κ2) is 13.9. The first-order chi connectivity index (χ1) is 15.4. The molecule has 4 heterocycles.